The number of halogens is 1. The molecule has 0 aliphatic rings. The van der Waals surface area contributed by atoms with Gasteiger partial charge in [0.05, 0.1) is 5.75 Å². The lowest BCUT2D eigenvalue weighted by Gasteiger charge is -2.30. The van der Waals surface area contributed by atoms with Crippen LogP contribution in [0.25, 0.3) is 0 Å². The van der Waals surface area contributed by atoms with Crippen molar-refractivity contribution in [3.63, 3.8) is 0 Å². The van der Waals surface area contributed by atoms with Crippen molar-refractivity contribution in [1.82, 2.24) is 10.2 Å². The van der Waals surface area contributed by atoms with Gasteiger partial charge in [0, 0.05) is 18.3 Å². The molecular weight excluding hydrogens is 399 g/mol. The Kier molecular flexibility index (Phi) is 9.37. The lowest BCUT2D eigenvalue weighted by molar-refractivity contribution is -0.138. The molecule has 0 radical (unpaired) electrons. The van der Waals surface area contributed by atoms with Crippen molar-refractivity contribution < 1.29 is 14.0 Å². The quantitative estimate of drug-likeness (QED) is 0.594. The van der Waals surface area contributed by atoms with Gasteiger partial charge in [-0.1, -0.05) is 43.3 Å². The molecule has 2 amide bonds. The largest absolute Gasteiger partial charge is 0.352 e. The van der Waals surface area contributed by atoms with E-state index in [4.69, 9.17) is 0 Å². The Bertz CT molecular complexity index is 841. The van der Waals surface area contributed by atoms with Crippen LogP contribution in [0.2, 0.25) is 0 Å². The molecule has 0 saturated heterocycles. The molecule has 0 fully saturated rings. The van der Waals surface area contributed by atoms with E-state index in [1.807, 2.05) is 45.0 Å². The first kappa shape index (κ1) is 23.9. The summed E-state index contributed by atoms with van der Waals surface area (Å²) in [7, 11) is 0. The zero-order valence-electron chi connectivity index (χ0n) is 18.2. The normalized spacial score (nSPS) is 12.8. The molecule has 0 saturated carbocycles. The van der Waals surface area contributed by atoms with Crippen LogP contribution in [0, 0.1) is 12.7 Å². The molecule has 2 aromatic carbocycles. The van der Waals surface area contributed by atoms with Crippen molar-refractivity contribution in [3.8, 4) is 0 Å². The maximum absolute atomic E-state index is 13.1. The van der Waals surface area contributed by atoms with Crippen LogP contribution in [0.4, 0.5) is 4.39 Å². The highest BCUT2D eigenvalue weighted by Gasteiger charge is 2.27. The molecule has 0 aromatic heterocycles. The number of nitrogens with zero attached hydrogens (tertiary/aromatic N) is 1. The van der Waals surface area contributed by atoms with E-state index in [2.05, 4.69) is 5.32 Å². The first-order valence-electron chi connectivity index (χ1n) is 10.3. The number of aryl methyl sites for hydroxylation is 1. The van der Waals surface area contributed by atoms with E-state index in [0.717, 1.165) is 23.1 Å². The zero-order valence-corrected chi connectivity index (χ0v) is 19.0. The summed E-state index contributed by atoms with van der Waals surface area (Å²) in [5, 5.41) is 2.98. The number of amides is 2. The highest BCUT2D eigenvalue weighted by atomic mass is 32.2. The molecule has 162 valence electrons. The van der Waals surface area contributed by atoms with Gasteiger partial charge in [0.15, 0.2) is 0 Å². The smallest absolute Gasteiger partial charge is 0.242 e. The van der Waals surface area contributed by atoms with E-state index in [1.165, 1.54) is 23.9 Å². The number of rotatable bonds is 10. The van der Waals surface area contributed by atoms with E-state index < -0.39 is 6.04 Å². The van der Waals surface area contributed by atoms with Crippen LogP contribution in [0.15, 0.2) is 48.5 Å². The van der Waals surface area contributed by atoms with Gasteiger partial charge in [-0.3, -0.25) is 9.59 Å². The number of benzene rings is 2. The third-order valence-electron chi connectivity index (χ3n) is 5.18. The third kappa shape index (κ3) is 7.17. The summed E-state index contributed by atoms with van der Waals surface area (Å²) in [4.78, 5) is 27.4. The van der Waals surface area contributed by atoms with Crippen molar-refractivity contribution in [2.24, 2.45) is 0 Å². The molecular formula is C24H31FN2O2S. The summed E-state index contributed by atoms with van der Waals surface area (Å²) in [6.07, 6.45) is 0.831. The summed E-state index contributed by atoms with van der Waals surface area (Å²) < 4.78 is 13.1. The van der Waals surface area contributed by atoms with E-state index in [1.54, 1.807) is 24.0 Å². The van der Waals surface area contributed by atoms with E-state index in [-0.39, 0.29) is 29.4 Å². The predicted octanol–water partition coefficient (Wildman–Crippen LogP) is 4.70. The molecule has 2 aromatic rings. The van der Waals surface area contributed by atoms with E-state index in [0.29, 0.717) is 12.3 Å². The molecule has 0 heterocycles. The molecule has 2 rings (SSSR count). The van der Waals surface area contributed by atoms with Gasteiger partial charge in [-0.05, 0) is 56.0 Å². The summed E-state index contributed by atoms with van der Waals surface area (Å²) >= 11 is 1.47. The van der Waals surface area contributed by atoms with Gasteiger partial charge in [0.1, 0.15) is 11.9 Å². The van der Waals surface area contributed by atoms with Crippen LogP contribution in [0.3, 0.4) is 0 Å². The van der Waals surface area contributed by atoms with Crippen LogP contribution in [0.1, 0.15) is 43.9 Å². The van der Waals surface area contributed by atoms with Crippen molar-refractivity contribution in [1.29, 1.82) is 0 Å². The average Bonchev–Trinajstić information content (AvgIpc) is 2.73. The van der Waals surface area contributed by atoms with Gasteiger partial charge in [-0.15, -0.1) is 11.8 Å². The minimum Gasteiger partial charge on any atom is -0.352 e. The molecule has 0 aliphatic carbocycles. The van der Waals surface area contributed by atoms with Crippen LogP contribution in [0.5, 0.6) is 0 Å². The SMILES string of the molecule is CC[C@H](C)NC(=O)[C@@H](C)N(Cc1ccccc1C)C(=O)CSCc1ccc(F)cc1. The number of hydrogen-bond acceptors (Lipinski definition) is 3. The Labute approximate surface area is 183 Å². The second-order valence-corrected chi connectivity index (χ2v) is 8.55. The van der Waals surface area contributed by atoms with Gasteiger partial charge in [-0.2, -0.15) is 0 Å². The topological polar surface area (TPSA) is 49.4 Å². The molecule has 30 heavy (non-hydrogen) atoms. The Morgan fingerprint density at radius 2 is 1.77 bits per heavy atom. The molecule has 0 spiro atoms. The zero-order chi connectivity index (χ0) is 22.1. The molecule has 0 unspecified atom stereocenters. The summed E-state index contributed by atoms with van der Waals surface area (Å²) in [6, 6.07) is 13.7. The first-order chi connectivity index (χ1) is 14.3. The van der Waals surface area contributed by atoms with Gasteiger partial charge in [0.25, 0.3) is 0 Å². The van der Waals surface area contributed by atoms with E-state index >= 15 is 0 Å². The Morgan fingerprint density at radius 1 is 1.10 bits per heavy atom. The Hall–Kier alpha value is -2.34. The fourth-order valence-corrected chi connectivity index (χ4v) is 3.81. The highest BCUT2D eigenvalue weighted by molar-refractivity contribution is 7.99. The molecule has 6 heteroatoms. The summed E-state index contributed by atoms with van der Waals surface area (Å²) in [5.41, 5.74) is 3.07. The van der Waals surface area contributed by atoms with Crippen molar-refractivity contribution in [2.75, 3.05) is 5.75 Å². The fourth-order valence-electron chi connectivity index (χ4n) is 2.94. The van der Waals surface area contributed by atoms with Crippen molar-refractivity contribution in [2.45, 2.75) is 58.5 Å². The second-order valence-electron chi connectivity index (χ2n) is 7.56. The minimum atomic E-state index is -0.572. The van der Waals surface area contributed by atoms with Crippen molar-refractivity contribution >= 4 is 23.6 Å². The standard InChI is InChI=1S/C24H31FN2O2S/c1-5-18(3)26-24(29)19(4)27(14-21-9-7-6-8-17(21)2)23(28)16-30-15-20-10-12-22(25)13-11-20/h6-13,18-19H,5,14-16H2,1-4H3,(H,26,29)/t18-,19+/m0/s1. The second kappa shape index (κ2) is 11.7. The van der Waals surface area contributed by atoms with Gasteiger partial charge in [0.2, 0.25) is 11.8 Å². The fraction of sp³-hybridized carbons (Fsp3) is 0.417. The van der Waals surface area contributed by atoms with Crippen LogP contribution in [-0.2, 0) is 21.9 Å². The highest BCUT2D eigenvalue weighted by Crippen LogP contribution is 2.18. The van der Waals surface area contributed by atoms with Crippen LogP contribution < -0.4 is 5.32 Å². The lowest BCUT2D eigenvalue weighted by atomic mass is 10.1. The molecule has 2 atom stereocenters. The van der Waals surface area contributed by atoms with Crippen LogP contribution in [-0.4, -0.2) is 34.6 Å². The number of nitrogens with one attached hydrogen (secondary N) is 1. The number of thioether (sulfide) groups is 1. The van der Waals surface area contributed by atoms with Crippen LogP contribution >= 0.6 is 11.8 Å². The molecule has 1 N–H and O–H groups in total. The van der Waals surface area contributed by atoms with Gasteiger partial charge >= 0.3 is 0 Å². The average molecular weight is 431 g/mol. The maximum atomic E-state index is 13.1. The molecule has 0 aliphatic heterocycles. The monoisotopic (exact) mass is 430 g/mol. The Balaban J connectivity index is 2.08. The first-order valence-corrected chi connectivity index (χ1v) is 11.4. The third-order valence-corrected chi connectivity index (χ3v) is 6.17. The summed E-state index contributed by atoms with van der Waals surface area (Å²) in [5.74, 6) is 0.361. The number of carbonyl (C=O) groups is 2. The van der Waals surface area contributed by atoms with Gasteiger partial charge in [-0.25, -0.2) is 4.39 Å². The summed E-state index contributed by atoms with van der Waals surface area (Å²) in [6.45, 7) is 8.13. The number of hydrogen-bond donors (Lipinski definition) is 1. The minimum absolute atomic E-state index is 0.0585. The lowest BCUT2D eigenvalue weighted by Crippen LogP contribution is -2.50. The maximum Gasteiger partial charge on any atom is 0.242 e. The van der Waals surface area contributed by atoms with E-state index in [9.17, 15) is 14.0 Å². The Morgan fingerprint density at radius 3 is 2.40 bits per heavy atom. The van der Waals surface area contributed by atoms with Crippen molar-refractivity contribution in [3.05, 3.63) is 71.0 Å². The predicted molar refractivity (Wildman–Crippen MR) is 122 cm³/mol. The molecule has 4 nitrogen and oxygen atoms in total. The van der Waals surface area contributed by atoms with Gasteiger partial charge < -0.3 is 10.2 Å². The number of carbonyl (C=O) groups excluding carboxylic acids is 2. The molecule has 0 bridgehead atoms.